The summed E-state index contributed by atoms with van der Waals surface area (Å²) in [6.45, 7) is 0. The summed E-state index contributed by atoms with van der Waals surface area (Å²) in [6, 6.07) is 7.26. The Morgan fingerprint density at radius 3 is 2.48 bits per heavy atom. The zero-order valence-corrected chi connectivity index (χ0v) is 12.3. The Balaban J connectivity index is 2.03. The van der Waals surface area contributed by atoms with E-state index in [1.54, 1.807) is 12.1 Å². The highest BCUT2D eigenvalue weighted by atomic mass is 35.5. The summed E-state index contributed by atoms with van der Waals surface area (Å²) in [4.78, 5) is 14.8. The van der Waals surface area contributed by atoms with Crippen LogP contribution in [0.15, 0.2) is 42.7 Å². The summed E-state index contributed by atoms with van der Waals surface area (Å²) in [7, 11) is 0. The first-order chi connectivity index (χ1) is 11.0. The van der Waals surface area contributed by atoms with Gasteiger partial charge in [0.1, 0.15) is 5.75 Å². The third kappa shape index (κ3) is 2.69. The lowest BCUT2D eigenvalue weighted by molar-refractivity contribution is 0.0696. The number of aromatic carboxylic acids is 1. The van der Waals surface area contributed by atoms with Crippen LogP contribution in [0.25, 0.3) is 16.9 Å². The van der Waals surface area contributed by atoms with Crippen molar-refractivity contribution < 1.29 is 20.1 Å². The predicted molar refractivity (Wildman–Crippen MR) is 82.1 cm³/mol. The molecule has 3 rings (SSSR count). The molecule has 0 atom stereocenters. The van der Waals surface area contributed by atoms with Crippen molar-refractivity contribution in [1.29, 1.82) is 0 Å². The van der Waals surface area contributed by atoms with Crippen LogP contribution in [0.4, 0.5) is 0 Å². The number of nitrogens with zero attached hydrogens (tertiary/aromatic N) is 3. The first-order valence-corrected chi connectivity index (χ1v) is 6.81. The second-order valence-electron chi connectivity index (χ2n) is 4.67. The minimum Gasteiger partial charge on any atom is -0.507 e. The number of aromatic hydroxyl groups is 2. The van der Waals surface area contributed by atoms with E-state index in [1.807, 2.05) is 0 Å². The molecule has 2 heterocycles. The van der Waals surface area contributed by atoms with E-state index in [0.29, 0.717) is 16.1 Å². The Labute approximate surface area is 135 Å². The van der Waals surface area contributed by atoms with Gasteiger partial charge in [-0.1, -0.05) is 11.6 Å². The van der Waals surface area contributed by atoms with Gasteiger partial charge >= 0.3 is 5.97 Å². The fourth-order valence-corrected chi connectivity index (χ4v) is 2.24. The molecular weight excluding hydrogens is 322 g/mol. The van der Waals surface area contributed by atoms with E-state index in [9.17, 15) is 15.0 Å². The molecule has 0 radical (unpaired) electrons. The number of pyridine rings is 1. The van der Waals surface area contributed by atoms with Crippen LogP contribution in [0.3, 0.4) is 0 Å². The second-order valence-corrected chi connectivity index (χ2v) is 5.10. The molecule has 3 aromatic rings. The highest BCUT2D eigenvalue weighted by Crippen LogP contribution is 2.37. The third-order valence-corrected chi connectivity index (χ3v) is 3.44. The number of phenolic OH excluding ortho intramolecular Hbond substituents is 1. The summed E-state index contributed by atoms with van der Waals surface area (Å²) >= 11 is 5.78. The molecule has 23 heavy (non-hydrogen) atoms. The van der Waals surface area contributed by atoms with Gasteiger partial charge in [-0.3, -0.25) is 0 Å². The smallest absolute Gasteiger partial charge is 0.337 e. The van der Waals surface area contributed by atoms with Crippen LogP contribution in [0, 0.1) is 0 Å². The highest BCUT2D eigenvalue weighted by Gasteiger charge is 2.17. The number of rotatable bonds is 3. The van der Waals surface area contributed by atoms with Gasteiger partial charge in [0.25, 0.3) is 0 Å². The SMILES string of the molecule is O=C(O)c1ccc(-n2ncc(-c3ccc(Cl)cc3O)c2O)nc1. The van der Waals surface area contributed by atoms with Crippen molar-refractivity contribution in [3.63, 3.8) is 0 Å². The largest absolute Gasteiger partial charge is 0.507 e. The lowest BCUT2D eigenvalue weighted by Gasteiger charge is -2.05. The molecular formula is C15H10ClN3O4. The minimum atomic E-state index is -1.10. The summed E-state index contributed by atoms with van der Waals surface area (Å²) in [5.41, 5.74) is 0.680. The normalized spacial score (nSPS) is 10.7. The number of benzene rings is 1. The van der Waals surface area contributed by atoms with Crippen LogP contribution >= 0.6 is 11.6 Å². The van der Waals surface area contributed by atoms with Gasteiger partial charge in [-0.2, -0.15) is 9.78 Å². The Morgan fingerprint density at radius 1 is 1.09 bits per heavy atom. The number of carboxylic acid groups (broad SMARTS) is 1. The maximum atomic E-state index is 10.8. The number of carbonyl (C=O) groups is 1. The molecule has 0 bridgehead atoms. The Hall–Kier alpha value is -3.06. The van der Waals surface area contributed by atoms with Crippen LogP contribution in [-0.2, 0) is 0 Å². The van der Waals surface area contributed by atoms with Crippen LogP contribution < -0.4 is 0 Å². The van der Waals surface area contributed by atoms with Gasteiger partial charge in [-0.05, 0) is 30.3 Å². The maximum absolute atomic E-state index is 10.8. The molecule has 0 aliphatic heterocycles. The molecule has 0 aliphatic rings. The average molecular weight is 332 g/mol. The first-order valence-electron chi connectivity index (χ1n) is 6.43. The number of halogens is 1. The maximum Gasteiger partial charge on any atom is 0.337 e. The van der Waals surface area contributed by atoms with Gasteiger partial charge in [0.2, 0.25) is 5.88 Å². The summed E-state index contributed by atoms with van der Waals surface area (Å²) in [5.74, 6) is -1.19. The third-order valence-electron chi connectivity index (χ3n) is 3.21. The minimum absolute atomic E-state index is 0.0240. The molecule has 1 aromatic carbocycles. The number of hydrogen-bond acceptors (Lipinski definition) is 5. The van der Waals surface area contributed by atoms with Crippen LogP contribution in [-0.4, -0.2) is 36.1 Å². The molecule has 0 amide bonds. The van der Waals surface area contributed by atoms with Gasteiger partial charge in [0.05, 0.1) is 17.3 Å². The summed E-state index contributed by atoms with van der Waals surface area (Å²) < 4.78 is 1.13. The van der Waals surface area contributed by atoms with Crippen molar-refractivity contribution in [1.82, 2.24) is 14.8 Å². The van der Waals surface area contributed by atoms with Crippen molar-refractivity contribution in [3.8, 4) is 28.6 Å². The van der Waals surface area contributed by atoms with Crippen molar-refractivity contribution in [2.24, 2.45) is 0 Å². The fraction of sp³-hybridized carbons (Fsp3) is 0. The van der Waals surface area contributed by atoms with E-state index in [2.05, 4.69) is 10.1 Å². The predicted octanol–water partition coefficient (Wildman–Crippen LogP) is 2.70. The van der Waals surface area contributed by atoms with Crippen molar-refractivity contribution in [3.05, 3.63) is 53.3 Å². The van der Waals surface area contributed by atoms with Crippen LogP contribution in [0.5, 0.6) is 11.6 Å². The molecule has 0 saturated carbocycles. The Kier molecular flexibility index (Phi) is 3.63. The molecule has 0 saturated heterocycles. The molecule has 0 spiro atoms. The highest BCUT2D eigenvalue weighted by molar-refractivity contribution is 6.30. The van der Waals surface area contributed by atoms with Crippen molar-refractivity contribution in [2.45, 2.75) is 0 Å². The molecule has 0 aliphatic carbocycles. The fourth-order valence-electron chi connectivity index (χ4n) is 2.07. The summed E-state index contributed by atoms with van der Waals surface area (Å²) in [6.07, 6.45) is 2.53. The van der Waals surface area contributed by atoms with E-state index in [0.717, 1.165) is 10.9 Å². The molecule has 0 fully saturated rings. The molecule has 0 unspecified atom stereocenters. The standard InChI is InChI=1S/C15H10ClN3O4/c16-9-2-3-10(12(20)5-9)11-7-18-19(14(11)21)13-4-1-8(6-17-13)15(22)23/h1-7,20-21H,(H,22,23). The lowest BCUT2D eigenvalue weighted by atomic mass is 10.1. The van der Waals surface area contributed by atoms with E-state index in [4.69, 9.17) is 16.7 Å². The number of phenols is 1. The van der Waals surface area contributed by atoms with Crippen molar-refractivity contribution >= 4 is 17.6 Å². The zero-order chi connectivity index (χ0) is 16.6. The van der Waals surface area contributed by atoms with Crippen molar-refractivity contribution in [2.75, 3.05) is 0 Å². The van der Waals surface area contributed by atoms with Gasteiger partial charge in [0.15, 0.2) is 5.82 Å². The lowest BCUT2D eigenvalue weighted by Crippen LogP contribution is -2.02. The monoisotopic (exact) mass is 331 g/mol. The molecule has 2 aromatic heterocycles. The van der Waals surface area contributed by atoms with Crippen LogP contribution in [0.1, 0.15) is 10.4 Å². The quantitative estimate of drug-likeness (QED) is 0.681. The molecule has 7 nitrogen and oxygen atoms in total. The van der Waals surface area contributed by atoms with E-state index in [-0.39, 0.29) is 23.0 Å². The Morgan fingerprint density at radius 2 is 1.87 bits per heavy atom. The van der Waals surface area contributed by atoms with E-state index < -0.39 is 5.97 Å². The molecule has 3 N–H and O–H groups in total. The van der Waals surface area contributed by atoms with E-state index in [1.165, 1.54) is 24.4 Å². The van der Waals surface area contributed by atoms with Gasteiger partial charge in [-0.15, -0.1) is 0 Å². The number of carboxylic acids is 1. The molecule has 116 valence electrons. The average Bonchev–Trinajstić information content (AvgIpc) is 2.89. The number of hydrogen-bond donors (Lipinski definition) is 3. The van der Waals surface area contributed by atoms with E-state index >= 15 is 0 Å². The van der Waals surface area contributed by atoms with Gasteiger partial charge in [0, 0.05) is 16.8 Å². The van der Waals surface area contributed by atoms with Gasteiger partial charge < -0.3 is 15.3 Å². The summed E-state index contributed by atoms with van der Waals surface area (Å²) in [5, 5.41) is 33.5. The first kappa shape index (κ1) is 14.9. The Bertz CT molecular complexity index is 890. The topological polar surface area (TPSA) is 108 Å². The number of aromatic nitrogens is 3. The second kappa shape index (κ2) is 5.62. The van der Waals surface area contributed by atoms with Gasteiger partial charge in [-0.25, -0.2) is 9.78 Å². The van der Waals surface area contributed by atoms with Crippen LogP contribution in [0.2, 0.25) is 5.02 Å². The molecule has 8 heteroatoms. The zero-order valence-electron chi connectivity index (χ0n) is 11.5.